The van der Waals surface area contributed by atoms with Crippen LogP contribution in [-0.2, 0) is 10.0 Å². The molecular weight excluding hydrogens is 298 g/mol. The summed E-state index contributed by atoms with van der Waals surface area (Å²) >= 11 is 0. The van der Waals surface area contributed by atoms with E-state index in [1.165, 1.54) is 0 Å². The summed E-state index contributed by atoms with van der Waals surface area (Å²) in [6.45, 7) is 7.59. The second-order valence-corrected chi connectivity index (χ2v) is 7.37. The van der Waals surface area contributed by atoms with Crippen molar-refractivity contribution in [1.29, 1.82) is 0 Å². The van der Waals surface area contributed by atoms with Gasteiger partial charge in [0.1, 0.15) is 11.0 Å². The van der Waals surface area contributed by atoms with Crippen molar-refractivity contribution in [1.82, 2.24) is 14.4 Å². The van der Waals surface area contributed by atoms with Crippen molar-refractivity contribution in [2.24, 2.45) is 0 Å². The van der Waals surface area contributed by atoms with Crippen molar-refractivity contribution < 1.29 is 8.42 Å². The van der Waals surface area contributed by atoms with E-state index >= 15 is 0 Å². The van der Waals surface area contributed by atoms with E-state index in [0.29, 0.717) is 16.6 Å². The normalized spacial score (nSPS) is 12.0. The van der Waals surface area contributed by atoms with Crippen LogP contribution in [0, 0.1) is 27.7 Å². The van der Waals surface area contributed by atoms with Crippen LogP contribution in [0.5, 0.6) is 0 Å². The smallest absolute Gasteiger partial charge is 0.199 e. The number of benzene rings is 2. The monoisotopic (exact) mass is 315 g/mol. The Morgan fingerprint density at radius 1 is 0.909 bits per heavy atom. The zero-order valence-corrected chi connectivity index (χ0v) is 13.8. The predicted octanol–water partition coefficient (Wildman–Crippen LogP) is 2.90. The Bertz CT molecular complexity index is 988. The summed E-state index contributed by atoms with van der Waals surface area (Å²) in [7, 11) is -3.76. The molecule has 0 radical (unpaired) electrons. The summed E-state index contributed by atoms with van der Waals surface area (Å²) in [5, 5.41) is 7.83. The Labute approximate surface area is 129 Å². The average Bonchev–Trinajstić information content (AvgIpc) is 2.86. The first-order valence-corrected chi connectivity index (χ1v) is 8.40. The van der Waals surface area contributed by atoms with Gasteiger partial charge in [-0.2, -0.15) is 8.42 Å². The van der Waals surface area contributed by atoms with Crippen LogP contribution in [-0.4, -0.2) is 22.8 Å². The van der Waals surface area contributed by atoms with Crippen LogP contribution >= 0.6 is 0 Å². The molecule has 0 atom stereocenters. The van der Waals surface area contributed by atoms with Gasteiger partial charge in [-0.05, 0) is 68.1 Å². The summed E-state index contributed by atoms with van der Waals surface area (Å²) in [5.41, 5.74) is 4.78. The van der Waals surface area contributed by atoms with Gasteiger partial charge in [-0.25, -0.2) is 0 Å². The van der Waals surface area contributed by atoms with Gasteiger partial charge in [0.2, 0.25) is 0 Å². The maximum absolute atomic E-state index is 12.9. The molecule has 0 spiro atoms. The van der Waals surface area contributed by atoms with Gasteiger partial charge in [0.15, 0.2) is 0 Å². The number of aromatic nitrogens is 3. The summed E-state index contributed by atoms with van der Waals surface area (Å²) < 4.78 is 26.9. The summed E-state index contributed by atoms with van der Waals surface area (Å²) in [6, 6.07) is 8.98. The summed E-state index contributed by atoms with van der Waals surface area (Å²) in [6.07, 6.45) is 0. The Balaban J connectivity index is 2.27. The average molecular weight is 315 g/mol. The lowest BCUT2D eigenvalue weighted by Gasteiger charge is -2.11. The molecule has 0 saturated carbocycles. The largest absolute Gasteiger partial charge is 0.285 e. The molecule has 114 valence electrons. The van der Waals surface area contributed by atoms with E-state index in [-0.39, 0.29) is 4.90 Å². The molecular formula is C16H17N3O2S. The number of fused-ring (bicyclic) bond motifs is 1. The van der Waals surface area contributed by atoms with Gasteiger partial charge >= 0.3 is 0 Å². The zero-order chi connectivity index (χ0) is 16.1. The Kier molecular flexibility index (Phi) is 3.29. The van der Waals surface area contributed by atoms with Gasteiger partial charge in [0, 0.05) is 0 Å². The van der Waals surface area contributed by atoms with Crippen LogP contribution in [0.1, 0.15) is 22.3 Å². The Morgan fingerprint density at radius 3 is 2.32 bits per heavy atom. The number of hydrogen-bond acceptors (Lipinski definition) is 4. The van der Waals surface area contributed by atoms with Crippen LogP contribution in [0.25, 0.3) is 11.0 Å². The van der Waals surface area contributed by atoms with E-state index in [0.717, 1.165) is 20.8 Å². The molecule has 0 aliphatic heterocycles. The zero-order valence-electron chi connectivity index (χ0n) is 13.0. The van der Waals surface area contributed by atoms with Gasteiger partial charge in [-0.15, -0.1) is 9.19 Å². The molecule has 5 nitrogen and oxygen atoms in total. The SMILES string of the molecule is Cc1ccc2c(c1)nnn2S(=O)(=O)c1cc(C)c(C)cc1C. The van der Waals surface area contributed by atoms with E-state index in [2.05, 4.69) is 10.3 Å². The standard InChI is InChI=1S/C16H17N3O2S/c1-10-5-6-15-14(7-10)17-18-19(15)22(20,21)16-9-12(3)11(2)8-13(16)4/h5-9H,1-4H3. The second kappa shape index (κ2) is 4.91. The molecule has 0 unspecified atom stereocenters. The van der Waals surface area contributed by atoms with Crippen molar-refractivity contribution >= 4 is 21.1 Å². The van der Waals surface area contributed by atoms with E-state index in [1.807, 2.05) is 39.0 Å². The molecule has 22 heavy (non-hydrogen) atoms. The molecule has 6 heteroatoms. The van der Waals surface area contributed by atoms with Crippen molar-refractivity contribution in [2.45, 2.75) is 32.6 Å². The number of hydrogen-bond donors (Lipinski definition) is 0. The van der Waals surface area contributed by atoms with Gasteiger partial charge in [-0.1, -0.05) is 17.3 Å². The molecule has 0 amide bonds. The molecule has 0 aliphatic rings. The molecule has 1 aromatic heterocycles. The van der Waals surface area contributed by atoms with Crippen LogP contribution in [0.15, 0.2) is 35.2 Å². The Morgan fingerprint density at radius 2 is 1.59 bits per heavy atom. The molecule has 0 N–H and O–H groups in total. The van der Waals surface area contributed by atoms with E-state index in [9.17, 15) is 8.42 Å². The highest BCUT2D eigenvalue weighted by molar-refractivity contribution is 7.90. The molecule has 0 saturated heterocycles. The van der Waals surface area contributed by atoms with Crippen molar-refractivity contribution in [2.75, 3.05) is 0 Å². The van der Waals surface area contributed by atoms with E-state index in [1.54, 1.807) is 19.1 Å². The van der Waals surface area contributed by atoms with Crippen molar-refractivity contribution in [3.8, 4) is 0 Å². The van der Waals surface area contributed by atoms with Crippen LogP contribution < -0.4 is 0 Å². The molecule has 3 rings (SSSR count). The third-order valence-corrected chi connectivity index (χ3v) is 5.59. The lowest BCUT2D eigenvalue weighted by Crippen LogP contribution is -2.16. The molecule has 2 aromatic carbocycles. The summed E-state index contributed by atoms with van der Waals surface area (Å²) in [5.74, 6) is 0. The number of aryl methyl sites for hydroxylation is 4. The maximum Gasteiger partial charge on any atom is 0.285 e. The van der Waals surface area contributed by atoms with Crippen LogP contribution in [0.3, 0.4) is 0 Å². The van der Waals surface area contributed by atoms with E-state index < -0.39 is 10.0 Å². The topological polar surface area (TPSA) is 64.8 Å². The first-order valence-electron chi connectivity index (χ1n) is 6.96. The fourth-order valence-electron chi connectivity index (χ4n) is 2.49. The highest BCUT2D eigenvalue weighted by atomic mass is 32.2. The molecule has 1 heterocycles. The first kappa shape index (κ1) is 14.7. The van der Waals surface area contributed by atoms with E-state index in [4.69, 9.17) is 0 Å². The number of rotatable bonds is 2. The third-order valence-electron chi connectivity index (χ3n) is 3.87. The third kappa shape index (κ3) is 2.20. The molecule has 0 fully saturated rings. The minimum Gasteiger partial charge on any atom is -0.199 e. The van der Waals surface area contributed by atoms with Gasteiger partial charge < -0.3 is 0 Å². The minimum atomic E-state index is -3.76. The van der Waals surface area contributed by atoms with Gasteiger partial charge in [0.25, 0.3) is 10.0 Å². The predicted molar refractivity (Wildman–Crippen MR) is 85.5 cm³/mol. The van der Waals surface area contributed by atoms with Crippen molar-refractivity contribution in [3.05, 3.63) is 52.6 Å². The molecule has 0 aliphatic carbocycles. The second-order valence-electron chi connectivity index (χ2n) is 5.63. The minimum absolute atomic E-state index is 0.267. The Hall–Kier alpha value is -2.21. The molecule has 3 aromatic rings. The summed E-state index contributed by atoms with van der Waals surface area (Å²) in [4.78, 5) is 0.267. The van der Waals surface area contributed by atoms with Gasteiger partial charge in [-0.3, -0.25) is 0 Å². The van der Waals surface area contributed by atoms with Gasteiger partial charge in [0.05, 0.1) is 4.90 Å². The maximum atomic E-state index is 12.9. The van der Waals surface area contributed by atoms with Crippen molar-refractivity contribution in [3.63, 3.8) is 0 Å². The highest BCUT2D eigenvalue weighted by Crippen LogP contribution is 2.24. The fraction of sp³-hybridized carbons (Fsp3) is 0.250. The molecule has 0 bridgehead atoms. The van der Waals surface area contributed by atoms with Crippen LogP contribution in [0.2, 0.25) is 0 Å². The van der Waals surface area contributed by atoms with Crippen LogP contribution in [0.4, 0.5) is 0 Å². The lowest BCUT2D eigenvalue weighted by atomic mass is 10.1. The first-order chi connectivity index (χ1) is 10.3. The quantitative estimate of drug-likeness (QED) is 0.729. The highest BCUT2D eigenvalue weighted by Gasteiger charge is 2.23. The fourth-order valence-corrected chi connectivity index (χ4v) is 4.02. The lowest BCUT2D eigenvalue weighted by molar-refractivity contribution is 0.578. The number of nitrogens with zero attached hydrogens (tertiary/aromatic N) is 3.